The van der Waals surface area contributed by atoms with Crippen LogP contribution in [0.25, 0.3) is 22.2 Å². The molecule has 4 aromatic rings. The average Bonchev–Trinajstić information content (AvgIpc) is 3.17. The maximum atomic E-state index is 12.8. The van der Waals surface area contributed by atoms with E-state index in [2.05, 4.69) is 15.3 Å². The molecule has 1 aliphatic rings. The van der Waals surface area contributed by atoms with Gasteiger partial charge in [0.25, 0.3) is 5.91 Å². The standard InChI is InChI=1S/C22H19N5O/c1-15-9-10-23-20-8-7-17(11-19(15)20)22(28)26-12-18(13-26)27-14-21(24-25-27)16-5-3-2-4-6-16/h2-11,14,18H,12-13H2,1H3. The minimum atomic E-state index is 0.0461. The molecule has 2 aromatic heterocycles. The first kappa shape index (κ1) is 16.6. The highest BCUT2D eigenvalue weighted by Gasteiger charge is 2.33. The summed E-state index contributed by atoms with van der Waals surface area (Å²) in [5.74, 6) is 0.0461. The summed E-state index contributed by atoms with van der Waals surface area (Å²) >= 11 is 0. The van der Waals surface area contributed by atoms with E-state index in [0.717, 1.165) is 27.7 Å². The van der Waals surface area contributed by atoms with Gasteiger partial charge in [0.15, 0.2) is 0 Å². The van der Waals surface area contributed by atoms with Crippen LogP contribution in [0.5, 0.6) is 0 Å². The number of nitrogens with zero attached hydrogens (tertiary/aromatic N) is 5. The van der Waals surface area contributed by atoms with Gasteiger partial charge >= 0.3 is 0 Å². The molecule has 1 amide bonds. The second-order valence-corrected chi connectivity index (χ2v) is 7.17. The minimum absolute atomic E-state index is 0.0461. The van der Waals surface area contributed by atoms with Crippen LogP contribution in [0.3, 0.4) is 0 Å². The first-order valence-corrected chi connectivity index (χ1v) is 9.31. The van der Waals surface area contributed by atoms with Crippen molar-refractivity contribution in [2.45, 2.75) is 13.0 Å². The number of benzene rings is 2. The number of aryl methyl sites for hydroxylation is 1. The lowest BCUT2D eigenvalue weighted by Gasteiger charge is -2.38. The molecule has 2 aromatic carbocycles. The summed E-state index contributed by atoms with van der Waals surface area (Å²) in [7, 11) is 0. The molecule has 1 aliphatic heterocycles. The number of hydrogen-bond donors (Lipinski definition) is 0. The zero-order valence-electron chi connectivity index (χ0n) is 15.5. The van der Waals surface area contributed by atoms with E-state index in [-0.39, 0.29) is 11.9 Å². The van der Waals surface area contributed by atoms with Gasteiger partial charge in [-0.15, -0.1) is 5.10 Å². The van der Waals surface area contributed by atoms with Gasteiger partial charge in [0.1, 0.15) is 5.69 Å². The Morgan fingerprint density at radius 2 is 1.89 bits per heavy atom. The van der Waals surface area contributed by atoms with Gasteiger partial charge in [-0.1, -0.05) is 35.5 Å². The number of hydrogen-bond acceptors (Lipinski definition) is 4. The fourth-order valence-corrected chi connectivity index (χ4v) is 3.58. The second kappa shape index (κ2) is 6.56. The van der Waals surface area contributed by atoms with Gasteiger partial charge in [0.2, 0.25) is 0 Å². The number of carbonyl (C=O) groups excluding carboxylic acids is 1. The molecule has 0 spiro atoms. The van der Waals surface area contributed by atoms with Crippen LogP contribution in [-0.2, 0) is 0 Å². The molecule has 0 N–H and O–H groups in total. The van der Waals surface area contributed by atoms with E-state index >= 15 is 0 Å². The fourth-order valence-electron chi connectivity index (χ4n) is 3.58. The lowest BCUT2D eigenvalue weighted by molar-refractivity contribution is 0.0498. The molecule has 6 heteroatoms. The molecule has 0 bridgehead atoms. The molecule has 1 fully saturated rings. The highest BCUT2D eigenvalue weighted by Crippen LogP contribution is 2.26. The molecular formula is C22H19N5O. The van der Waals surface area contributed by atoms with Gasteiger partial charge in [0.05, 0.1) is 17.8 Å². The summed E-state index contributed by atoms with van der Waals surface area (Å²) in [5, 5.41) is 9.54. The molecule has 0 aliphatic carbocycles. The van der Waals surface area contributed by atoms with E-state index in [1.165, 1.54) is 0 Å². The highest BCUT2D eigenvalue weighted by atomic mass is 16.2. The van der Waals surface area contributed by atoms with Gasteiger partial charge in [-0.3, -0.25) is 9.78 Å². The summed E-state index contributed by atoms with van der Waals surface area (Å²) in [6.07, 6.45) is 3.74. The summed E-state index contributed by atoms with van der Waals surface area (Å²) in [6, 6.07) is 17.8. The molecule has 5 rings (SSSR count). The summed E-state index contributed by atoms with van der Waals surface area (Å²) in [5.41, 5.74) is 4.63. The topological polar surface area (TPSA) is 63.9 Å². The number of pyridine rings is 1. The quantitative estimate of drug-likeness (QED) is 0.554. The smallest absolute Gasteiger partial charge is 0.254 e. The SMILES string of the molecule is Cc1ccnc2ccc(C(=O)N3CC(n4cc(-c5ccccc5)nn4)C3)cc12. The van der Waals surface area contributed by atoms with Crippen molar-refractivity contribution in [3.63, 3.8) is 0 Å². The molecule has 138 valence electrons. The van der Waals surface area contributed by atoms with Crippen LogP contribution >= 0.6 is 0 Å². The summed E-state index contributed by atoms with van der Waals surface area (Å²) < 4.78 is 1.86. The van der Waals surface area contributed by atoms with Crippen LogP contribution in [0.2, 0.25) is 0 Å². The fraction of sp³-hybridized carbons (Fsp3) is 0.182. The van der Waals surface area contributed by atoms with E-state index in [9.17, 15) is 4.79 Å². The largest absolute Gasteiger partial charge is 0.334 e. The van der Waals surface area contributed by atoms with Crippen molar-refractivity contribution in [1.29, 1.82) is 0 Å². The normalized spacial score (nSPS) is 14.2. The van der Waals surface area contributed by atoms with Crippen molar-refractivity contribution in [1.82, 2.24) is 24.9 Å². The average molecular weight is 369 g/mol. The molecule has 1 saturated heterocycles. The summed E-state index contributed by atoms with van der Waals surface area (Å²) in [6.45, 7) is 3.31. The lowest BCUT2D eigenvalue weighted by atomic mass is 10.0. The molecule has 0 saturated carbocycles. The first-order valence-electron chi connectivity index (χ1n) is 9.31. The molecule has 0 atom stereocenters. The number of aromatic nitrogens is 4. The maximum absolute atomic E-state index is 12.8. The molecule has 3 heterocycles. The Balaban J connectivity index is 1.30. The van der Waals surface area contributed by atoms with E-state index in [4.69, 9.17) is 0 Å². The van der Waals surface area contributed by atoms with Crippen molar-refractivity contribution >= 4 is 16.8 Å². The Labute approximate surface area is 162 Å². The third kappa shape index (κ3) is 2.83. The summed E-state index contributed by atoms with van der Waals surface area (Å²) in [4.78, 5) is 19.1. The predicted octanol–water partition coefficient (Wildman–Crippen LogP) is 3.50. The zero-order valence-corrected chi connectivity index (χ0v) is 15.5. The van der Waals surface area contributed by atoms with Crippen molar-refractivity contribution < 1.29 is 4.79 Å². The first-order chi connectivity index (χ1) is 13.7. The van der Waals surface area contributed by atoms with Gasteiger partial charge < -0.3 is 4.90 Å². The third-order valence-corrected chi connectivity index (χ3v) is 5.31. The Hall–Kier alpha value is -3.54. The number of amides is 1. The Bertz CT molecular complexity index is 1160. The van der Waals surface area contributed by atoms with Gasteiger partial charge in [-0.2, -0.15) is 0 Å². The number of fused-ring (bicyclic) bond motifs is 1. The Morgan fingerprint density at radius 1 is 1.07 bits per heavy atom. The van der Waals surface area contributed by atoms with E-state index in [0.29, 0.717) is 18.7 Å². The highest BCUT2D eigenvalue weighted by molar-refractivity contribution is 5.98. The van der Waals surface area contributed by atoms with Crippen LogP contribution < -0.4 is 0 Å². The van der Waals surface area contributed by atoms with E-state index in [1.807, 2.05) is 77.3 Å². The molecule has 0 radical (unpaired) electrons. The van der Waals surface area contributed by atoms with Gasteiger partial charge in [-0.25, -0.2) is 4.68 Å². The zero-order chi connectivity index (χ0) is 19.1. The van der Waals surface area contributed by atoms with Crippen molar-refractivity contribution in [2.24, 2.45) is 0 Å². The third-order valence-electron chi connectivity index (χ3n) is 5.31. The minimum Gasteiger partial charge on any atom is -0.334 e. The van der Waals surface area contributed by atoms with Crippen LogP contribution in [0.1, 0.15) is 22.0 Å². The predicted molar refractivity (Wildman–Crippen MR) is 107 cm³/mol. The number of rotatable bonds is 3. The van der Waals surface area contributed by atoms with Crippen LogP contribution in [0, 0.1) is 6.92 Å². The van der Waals surface area contributed by atoms with Crippen molar-refractivity contribution in [3.8, 4) is 11.3 Å². The van der Waals surface area contributed by atoms with Crippen LogP contribution in [0.15, 0.2) is 67.0 Å². The Morgan fingerprint density at radius 3 is 2.71 bits per heavy atom. The van der Waals surface area contributed by atoms with Crippen molar-refractivity contribution in [2.75, 3.05) is 13.1 Å². The monoisotopic (exact) mass is 369 g/mol. The molecule has 0 unspecified atom stereocenters. The molecule has 28 heavy (non-hydrogen) atoms. The number of likely N-dealkylation sites (tertiary alicyclic amines) is 1. The Kier molecular flexibility index (Phi) is 3.90. The maximum Gasteiger partial charge on any atom is 0.254 e. The van der Waals surface area contributed by atoms with Gasteiger partial charge in [-0.05, 0) is 36.8 Å². The van der Waals surface area contributed by atoms with E-state index < -0.39 is 0 Å². The lowest BCUT2D eigenvalue weighted by Crippen LogP contribution is -2.50. The van der Waals surface area contributed by atoms with E-state index in [1.54, 1.807) is 6.20 Å². The van der Waals surface area contributed by atoms with Crippen molar-refractivity contribution in [3.05, 3.63) is 78.1 Å². The molecule has 6 nitrogen and oxygen atoms in total. The molecular weight excluding hydrogens is 350 g/mol. The second-order valence-electron chi connectivity index (χ2n) is 7.17. The van der Waals surface area contributed by atoms with Crippen LogP contribution in [0.4, 0.5) is 0 Å². The number of carbonyl (C=O) groups is 1. The van der Waals surface area contributed by atoms with Gasteiger partial charge in [0, 0.05) is 35.8 Å². The van der Waals surface area contributed by atoms with Crippen LogP contribution in [-0.4, -0.2) is 43.9 Å².